The minimum Gasteiger partial charge on any atom is -0.200 e. The van der Waals surface area contributed by atoms with Gasteiger partial charge in [0.2, 0.25) is 7.42 Å². The average molecular weight is 546 g/mol. The smallest absolute Gasteiger partial charge is 0.200 e. The van der Waals surface area contributed by atoms with Gasteiger partial charge in [-0.2, -0.15) is 96.8 Å². The van der Waals surface area contributed by atoms with E-state index in [1.165, 1.54) is 0 Å². The molecule has 0 aliphatic carbocycles. The Morgan fingerprint density at radius 2 is 0.733 bits per heavy atom. The molecule has 0 nitrogen and oxygen atoms in total. The van der Waals surface area contributed by atoms with Crippen LogP contribution < -0.4 is 0 Å². The minimum atomic E-state index is -8.62. The predicted molar refractivity (Wildman–Crippen MR) is 68.5 cm³/mol. The van der Waals surface area contributed by atoms with E-state index >= 15 is 0 Å². The number of halogens is 19. The largest absolute Gasteiger partial charge is 0.460 e. The highest BCUT2D eigenvalue weighted by atomic mass is 35.7. The van der Waals surface area contributed by atoms with Crippen LogP contribution in [-0.4, -0.2) is 55.1 Å². The molecule has 0 N–H and O–H groups in total. The highest BCUT2D eigenvalue weighted by Crippen LogP contribution is 2.64. The maximum absolute atomic E-state index is 13.3. The van der Waals surface area contributed by atoms with E-state index in [4.69, 9.17) is 22.2 Å². The second kappa shape index (κ2) is 7.88. The quantitative estimate of drug-likeness (QED) is 0.169. The van der Waals surface area contributed by atoms with Crippen LogP contribution in [0.4, 0.5) is 74.6 Å². The lowest BCUT2D eigenvalue weighted by Gasteiger charge is -2.42. The molecule has 0 aliphatic rings. The van der Waals surface area contributed by atoms with E-state index in [0.29, 0.717) is 0 Å². The Bertz CT molecular complexity index is 610. The summed E-state index contributed by atoms with van der Waals surface area (Å²) in [6, 6.07) is -0.226. The van der Waals surface area contributed by atoms with Gasteiger partial charge in [-0.1, -0.05) is 0 Å². The zero-order chi connectivity index (χ0) is 25.0. The standard InChI is InChI=1S/C10H4Cl2F17Si/c11-30(12)2-1-3(13,14)4(15,16)5(17,18)6(19,20)7(21,22)8(23,24)9(25,26)10(27,28)29/h2,30H,1H2. The first-order valence-corrected chi connectivity index (χ1v) is 10.7. The number of hydrogen-bond acceptors (Lipinski definition) is 0. The normalized spacial score (nSPS) is 16.4. The molecule has 181 valence electrons. The van der Waals surface area contributed by atoms with Gasteiger partial charge in [0, 0.05) is 6.42 Å². The van der Waals surface area contributed by atoms with Gasteiger partial charge in [0.15, 0.2) is 0 Å². The summed E-state index contributed by atoms with van der Waals surface area (Å²) >= 11 is 9.78. The van der Waals surface area contributed by atoms with Crippen molar-refractivity contribution in [2.75, 3.05) is 0 Å². The fraction of sp³-hybridized carbons (Fsp3) is 0.900. The summed E-state index contributed by atoms with van der Waals surface area (Å²) in [4.78, 5) is 0. The first-order chi connectivity index (χ1) is 12.7. The van der Waals surface area contributed by atoms with Crippen molar-refractivity contribution in [3.8, 4) is 0 Å². The van der Waals surface area contributed by atoms with Crippen LogP contribution in [0.25, 0.3) is 0 Å². The Morgan fingerprint density at radius 3 is 1.00 bits per heavy atom. The summed E-state index contributed by atoms with van der Waals surface area (Å²) in [7, 11) is -3.46. The van der Waals surface area contributed by atoms with E-state index < -0.39 is 61.5 Å². The van der Waals surface area contributed by atoms with Crippen molar-refractivity contribution < 1.29 is 74.6 Å². The van der Waals surface area contributed by atoms with E-state index in [1.54, 1.807) is 0 Å². The van der Waals surface area contributed by atoms with Crippen molar-refractivity contribution in [1.29, 1.82) is 0 Å². The Morgan fingerprint density at radius 1 is 0.467 bits per heavy atom. The van der Waals surface area contributed by atoms with Gasteiger partial charge in [0.25, 0.3) is 0 Å². The van der Waals surface area contributed by atoms with Crippen molar-refractivity contribution in [1.82, 2.24) is 0 Å². The first kappa shape index (κ1) is 29.6. The molecular formula is C10H4Cl2F17Si. The number of rotatable bonds is 9. The molecule has 0 aromatic heterocycles. The SMILES string of the molecule is FC(F)(F)C(F)(F)C(F)(F)C(F)(F)C(F)(F)C(F)(F)C(F)(F)C(F)(F)C[CH][SiH](Cl)Cl. The third kappa shape index (κ3) is 4.15. The Balaban J connectivity index is 6.55. The maximum Gasteiger partial charge on any atom is 0.460 e. The van der Waals surface area contributed by atoms with Crippen molar-refractivity contribution in [3.05, 3.63) is 6.04 Å². The lowest BCUT2D eigenvalue weighted by Crippen LogP contribution is -2.74. The van der Waals surface area contributed by atoms with Crippen LogP contribution in [0.3, 0.4) is 0 Å². The molecular weight excluding hydrogens is 542 g/mol. The van der Waals surface area contributed by atoms with Crippen molar-refractivity contribution in [2.45, 2.75) is 54.1 Å². The van der Waals surface area contributed by atoms with E-state index in [2.05, 4.69) is 0 Å². The summed E-state index contributed by atoms with van der Waals surface area (Å²) in [5, 5.41) is 0. The minimum absolute atomic E-state index is 0.226. The monoisotopic (exact) mass is 545 g/mol. The zero-order valence-corrected chi connectivity index (χ0v) is 15.7. The van der Waals surface area contributed by atoms with Gasteiger partial charge >= 0.3 is 47.6 Å². The fourth-order valence-electron chi connectivity index (χ4n) is 1.56. The van der Waals surface area contributed by atoms with Gasteiger partial charge in [0.1, 0.15) is 0 Å². The van der Waals surface area contributed by atoms with Gasteiger partial charge in [-0.05, 0) is 6.04 Å². The topological polar surface area (TPSA) is 0 Å². The molecule has 0 saturated heterocycles. The highest BCUT2D eigenvalue weighted by molar-refractivity contribution is 7.35. The molecule has 0 aliphatic heterocycles. The zero-order valence-electron chi connectivity index (χ0n) is 13.0. The van der Waals surface area contributed by atoms with Crippen LogP contribution in [0.1, 0.15) is 6.42 Å². The fourth-order valence-corrected chi connectivity index (χ4v) is 2.57. The van der Waals surface area contributed by atoms with E-state index in [0.717, 1.165) is 0 Å². The molecule has 0 rings (SSSR count). The van der Waals surface area contributed by atoms with Gasteiger partial charge in [-0.15, -0.1) is 0 Å². The van der Waals surface area contributed by atoms with Crippen LogP contribution in [0.5, 0.6) is 0 Å². The van der Waals surface area contributed by atoms with Crippen LogP contribution >= 0.6 is 22.2 Å². The van der Waals surface area contributed by atoms with Crippen LogP contribution in [-0.2, 0) is 0 Å². The third-order valence-electron chi connectivity index (χ3n) is 3.34. The number of alkyl halides is 17. The molecule has 0 fully saturated rings. The van der Waals surface area contributed by atoms with Gasteiger partial charge in [-0.25, -0.2) is 0 Å². The van der Waals surface area contributed by atoms with Gasteiger partial charge in [0.05, 0.1) is 0 Å². The molecule has 30 heavy (non-hydrogen) atoms. The van der Waals surface area contributed by atoms with Crippen molar-refractivity contribution in [2.24, 2.45) is 0 Å². The molecule has 0 atom stereocenters. The lowest BCUT2D eigenvalue weighted by molar-refractivity contribution is -0.461. The second-order valence-electron chi connectivity index (χ2n) is 5.42. The third-order valence-corrected chi connectivity index (χ3v) is 5.00. The molecule has 0 saturated carbocycles. The van der Waals surface area contributed by atoms with Crippen LogP contribution in [0.15, 0.2) is 0 Å². The molecule has 0 bridgehead atoms. The van der Waals surface area contributed by atoms with Crippen LogP contribution in [0, 0.1) is 6.04 Å². The molecule has 1 radical (unpaired) electrons. The van der Waals surface area contributed by atoms with Gasteiger partial charge < -0.3 is 0 Å². The second-order valence-corrected chi connectivity index (χ2v) is 10.1. The summed E-state index contributed by atoms with van der Waals surface area (Å²) in [6.07, 6.45) is -10.5. The summed E-state index contributed by atoms with van der Waals surface area (Å²) < 4.78 is 219. The molecule has 0 amide bonds. The Hall–Kier alpha value is -0.393. The Kier molecular flexibility index (Phi) is 7.77. The number of hydrogen-bond donors (Lipinski definition) is 0. The lowest BCUT2D eigenvalue weighted by atomic mass is 9.88. The van der Waals surface area contributed by atoms with Crippen LogP contribution in [0.2, 0.25) is 0 Å². The summed E-state index contributed by atoms with van der Waals surface area (Å²) in [5.41, 5.74) is 0. The molecule has 0 unspecified atom stereocenters. The first-order valence-electron chi connectivity index (χ1n) is 6.49. The van der Waals surface area contributed by atoms with Crippen molar-refractivity contribution >= 4 is 29.6 Å². The molecule has 0 spiro atoms. The summed E-state index contributed by atoms with van der Waals surface area (Å²) in [6.45, 7) is 0. The Labute approximate surface area is 165 Å². The van der Waals surface area contributed by atoms with E-state index in [9.17, 15) is 74.6 Å². The van der Waals surface area contributed by atoms with E-state index in [1.807, 2.05) is 0 Å². The summed E-state index contributed by atoms with van der Waals surface area (Å²) in [5.74, 6) is -56.3. The molecule has 0 heterocycles. The predicted octanol–water partition coefficient (Wildman–Crippen LogP) is 6.83. The molecule has 0 aromatic rings. The molecule has 0 aromatic carbocycles. The van der Waals surface area contributed by atoms with Crippen molar-refractivity contribution in [3.63, 3.8) is 0 Å². The molecule has 20 heteroatoms. The average Bonchev–Trinajstić information content (AvgIpc) is 2.50. The highest BCUT2D eigenvalue weighted by Gasteiger charge is 2.95. The van der Waals surface area contributed by atoms with E-state index in [-0.39, 0.29) is 6.04 Å². The van der Waals surface area contributed by atoms with Gasteiger partial charge in [-0.3, -0.25) is 0 Å². The maximum atomic E-state index is 13.3.